The summed E-state index contributed by atoms with van der Waals surface area (Å²) in [5, 5.41) is 0. The van der Waals surface area contributed by atoms with E-state index in [1.165, 1.54) is 16.7 Å². The minimum atomic E-state index is 0.375. The number of nitrogen functional groups attached to an aromatic ring is 1. The summed E-state index contributed by atoms with van der Waals surface area (Å²) in [6.45, 7) is 9.32. The maximum Gasteiger partial charge on any atom is 0.127 e. The molecule has 0 unspecified atom stereocenters. The molecule has 0 amide bonds. The summed E-state index contributed by atoms with van der Waals surface area (Å²) >= 11 is 0. The van der Waals surface area contributed by atoms with Crippen LogP contribution in [0.4, 0.5) is 5.69 Å². The van der Waals surface area contributed by atoms with Crippen molar-refractivity contribution in [3.63, 3.8) is 0 Å². The van der Waals surface area contributed by atoms with Gasteiger partial charge in [0, 0.05) is 11.3 Å². The van der Waals surface area contributed by atoms with Crippen molar-refractivity contribution in [2.24, 2.45) is 0 Å². The molecule has 2 heteroatoms. The predicted octanol–water partition coefficient (Wildman–Crippen LogP) is 6.76. The lowest BCUT2D eigenvalue weighted by Crippen LogP contribution is -2.04. The van der Waals surface area contributed by atoms with Gasteiger partial charge in [-0.25, -0.2) is 0 Å². The van der Waals surface area contributed by atoms with Crippen molar-refractivity contribution >= 4 is 5.69 Å². The number of hydrogen-bond acceptors (Lipinski definition) is 2. The third-order valence-corrected chi connectivity index (χ3v) is 4.92. The molecule has 0 atom stereocenters. The lowest BCUT2D eigenvalue weighted by molar-refractivity contribution is 0.307. The van der Waals surface area contributed by atoms with E-state index >= 15 is 0 Å². The van der Waals surface area contributed by atoms with Gasteiger partial charge < -0.3 is 10.5 Å². The van der Waals surface area contributed by atoms with Gasteiger partial charge in [-0.05, 0) is 52.3 Å². The summed E-state index contributed by atoms with van der Waals surface area (Å²) in [4.78, 5) is 0. The summed E-state index contributed by atoms with van der Waals surface area (Å²) in [6, 6.07) is 22.9. The summed E-state index contributed by atoms with van der Waals surface area (Å²) in [5.41, 5.74) is 13.2. The highest BCUT2D eigenvalue weighted by Crippen LogP contribution is 2.38. The van der Waals surface area contributed by atoms with Gasteiger partial charge >= 0.3 is 0 Å². The second-order valence-corrected chi connectivity index (χ2v) is 7.65. The number of ether oxygens (including phenoxy) is 1. The fourth-order valence-corrected chi connectivity index (χ4v) is 3.38. The lowest BCUT2D eigenvalue weighted by atomic mass is 9.88. The molecule has 0 aromatic heterocycles. The molecule has 0 aliphatic heterocycles. The second-order valence-electron chi connectivity index (χ2n) is 7.65. The Morgan fingerprint density at radius 2 is 1.33 bits per heavy atom. The van der Waals surface area contributed by atoms with Crippen molar-refractivity contribution in [3.05, 3.63) is 83.4 Å². The van der Waals surface area contributed by atoms with Crippen LogP contribution in [0.25, 0.3) is 11.1 Å². The normalized spacial score (nSPS) is 11.2. The number of benzene rings is 3. The van der Waals surface area contributed by atoms with Crippen LogP contribution in [0.15, 0.2) is 66.7 Å². The minimum absolute atomic E-state index is 0.375. The molecular weight excluding hydrogens is 330 g/mol. The second kappa shape index (κ2) is 8.30. The number of hydrogen-bond donors (Lipinski definition) is 1. The Hall–Kier alpha value is -2.74. The summed E-state index contributed by atoms with van der Waals surface area (Å²) in [5.74, 6) is 1.65. The van der Waals surface area contributed by atoms with Crippen LogP contribution in [0.5, 0.6) is 5.75 Å². The Morgan fingerprint density at radius 3 is 1.93 bits per heavy atom. The Morgan fingerprint density at radius 1 is 0.778 bits per heavy atom. The zero-order chi connectivity index (χ0) is 19.4. The van der Waals surface area contributed by atoms with E-state index in [2.05, 4.69) is 64.1 Å². The fraction of sp³-hybridized carbons (Fsp3) is 0.280. The van der Waals surface area contributed by atoms with Crippen LogP contribution in [0.1, 0.15) is 56.2 Å². The smallest absolute Gasteiger partial charge is 0.127 e. The molecule has 0 saturated heterocycles. The van der Waals surface area contributed by atoms with Crippen LogP contribution in [-0.2, 0) is 6.61 Å². The van der Waals surface area contributed by atoms with Gasteiger partial charge in [0.05, 0.1) is 0 Å². The first-order valence-corrected chi connectivity index (χ1v) is 9.66. The standard InChI is InChI=1S/C25H29NO/c1-17(2)22-14-20(15-23(18(3)4)25(22)26)21-12-8-9-13-24(21)27-16-19-10-6-5-7-11-19/h5-15,17-18H,16,26H2,1-4H3. The van der Waals surface area contributed by atoms with Gasteiger partial charge in [-0.3, -0.25) is 0 Å². The number of nitrogens with two attached hydrogens (primary N) is 1. The van der Waals surface area contributed by atoms with Gasteiger partial charge in [-0.1, -0.05) is 76.2 Å². The van der Waals surface area contributed by atoms with E-state index in [9.17, 15) is 0 Å². The molecule has 0 saturated carbocycles. The monoisotopic (exact) mass is 359 g/mol. The van der Waals surface area contributed by atoms with E-state index < -0.39 is 0 Å². The largest absolute Gasteiger partial charge is 0.488 e. The molecular formula is C25H29NO. The average Bonchev–Trinajstić information content (AvgIpc) is 2.67. The molecule has 0 bridgehead atoms. The molecule has 27 heavy (non-hydrogen) atoms. The van der Waals surface area contributed by atoms with Crippen molar-refractivity contribution in [2.75, 3.05) is 5.73 Å². The van der Waals surface area contributed by atoms with E-state index in [1.807, 2.05) is 30.3 Å². The van der Waals surface area contributed by atoms with Gasteiger partial charge in [0.25, 0.3) is 0 Å². The third-order valence-electron chi connectivity index (χ3n) is 4.92. The lowest BCUT2D eigenvalue weighted by Gasteiger charge is -2.20. The van der Waals surface area contributed by atoms with Crippen molar-refractivity contribution in [3.8, 4) is 16.9 Å². The molecule has 3 rings (SSSR count). The average molecular weight is 360 g/mol. The number of rotatable bonds is 6. The Kier molecular flexibility index (Phi) is 5.85. The summed E-state index contributed by atoms with van der Waals surface area (Å²) in [7, 11) is 0. The Balaban J connectivity index is 2.01. The molecule has 0 aliphatic rings. The fourth-order valence-electron chi connectivity index (χ4n) is 3.38. The zero-order valence-corrected chi connectivity index (χ0v) is 16.7. The zero-order valence-electron chi connectivity index (χ0n) is 16.7. The highest BCUT2D eigenvalue weighted by molar-refractivity contribution is 5.75. The number of anilines is 1. The van der Waals surface area contributed by atoms with Crippen LogP contribution in [0, 0.1) is 0 Å². The van der Waals surface area contributed by atoms with Crippen molar-refractivity contribution in [2.45, 2.75) is 46.1 Å². The first-order valence-electron chi connectivity index (χ1n) is 9.66. The van der Waals surface area contributed by atoms with E-state index in [-0.39, 0.29) is 0 Å². The quantitative estimate of drug-likeness (QED) is 0.493. The van der Waals surface area contributed by atoms with Crippen LogP contribution in [0.2, 0.25) is 0 Å². The van der Waals surface area contributed by atoms with E-state index in [0.717, 1.165) is 22.6 Å². The van der Waals surface area contributed by atoms with Gasteiger partial charge in [0.2, 0.25) is 0 Å². The van der Waals surface area contributed by atoms with Gasteiger partial charge in [-0.15, -0.1) is 0 Å². The van der Waals surface area contributed by atoms with Gasteiger partial charge in [0.15, 0.2) is 0 Å². The Bertz CT molecular complexity index is 868. The number of para-hydroxylation sites is 1. The van der Waals surface area contributed by atoms with Crippen LogP contribution in [0.3, 0.4) is 0 Å². The molecule has 0 heterocycles. The van der Waals surface area contributed by atoms with Gasteiger partial charge in [-0.2, -0.15) is 0 Å². The van der Waals surface area contributed by atoms with E-state index in [1.54, 1.807) is 0 Å². The summed E-state index contributed by atoms with van der Waals surface area (Å²) in [6.07, 6.45) is 0. The topological polar surface area (TPSA) is 35.2 Å². The predicted molar refractivity (Wildman–Crippen MR) is 115 cm³/mol. The molecule has 3 aromatic rings. The molecule has 140 valence electrons. The molecule has 2 N–H and O–H groups in total. The van der Waals surface area contributed by atoms with E-state index in [0.29, 0.717) is 18.4 Å². The summed E-state index contributed by atoms with van der Waals surface area (Å²) < 4.78 is 6.18. The van der Waals surface area contributed by atoms with Crippen molar-refractivity contribution in [1.82, 2.24) is 0 Å². The minimum Gasteiger partial charge on any atom is -0.488 e. The molecule has 0 aliphatic carbocycles. The highest BCUT2D eigenvalue weighted by Gasteiger charge is 2.16. The SMILES string of the molecule is CC(C)c1cc(-c2ccccc2OCc2ccccc2)cc(C(C)C)c1N. The molecule has 0 spiro atoms. The first-order chi connectivity index (χ1) is 13.0. The molecule has 0 fully saturated rings. The van der Waals surface area contributed by atoms with Crippen LogP contribution < -0.4 is 10.5 Å². The molecule has 3 aromatic carbocycles. The van der Waals surface area contributed by atoms with Crippen LogP contribution >= 0.6 is 0 Å². The van der Waals surface area contributed by atoms with Crippen LogP contribution in [-0.4, -0.2) is 0 Å². The maximum absolute atomic E-state index is 6.47. The molecule has 0 radical (unpaired) electrons. The maximum atomic E-state index is 6.47. The Labute approximate surface area is 163 Å². The third kappa shape index (κ3) is 4.33. The van der Waals surface area contributed by atoms with Crippen molar-refractivity contribution in [1.29, 1.82) is 0 Å². The molecule has 2 nitrogen and oxygen atoms in total. The first kappa shape index (κ1) is 19.0. The van der Waals surface area contributed by atoms with Gasteiger partial charge in [0.1, 0.15) is 12.4 Å². The highest BCUT2D eigenvalue weighted by atomic mass is 16.5. The van der Waals surface area contributed by atoms with E-state index in [4.69, 9.17) is 10.5 Å². The van der Waals surface area contributed by atoms with Crippen molar-refractivity contribution < 1.29 is 4.74 Å².